The van der Waals surface area contributed by atoms with Gasteiger partial charge in [0.2, 0.25) is 5.91 Å². The molecule has 1 aliphatic heterocycles. The fourth-order valence-corrected chi connectivity index (χ4v) is 1.91. The minimum Gasteiger partial charge on any atom is -0.487 e. The quantitative estimate of drug-likeness (QED) is 0.897. The molecule has 0 saturated heterocycles. The molecule has 0 atom stereocenters. The minimum absolute atomic E-state index is 0.00723. The summed E-state index contributed by atoms with van der Waals surface area (Å²) >= 11 is 0. The Morgan fingerprint density at radius 2 is 2.29 bits per heavy atom. The van der Waals surface area contributed by atoms with E-state index in [1.54, 1.807) is 0 Å². The first-order valence-electron chi connectivity index (χ1n) is 7.10. The summed E-state index contributed by atoms with van der Waals surface area (Å²) < 4.78 is 5.79. The molecule has 1 aromatic rings. The summed E-state index contributed by atoms with van der Waals surface area (Å²) in [5.41, 5.74) is 2.67. The van der Waals surface area contributed by atoms with E-state index < -0.39 is 0 Å². The molecule has 0 radical (unpaired) electrons. The third-order valence-electron chi connectivity index (χ3n) is 3.08. The van der Waals surface area contributed by atoms with Crippen molar-refractivity contribution in [2.45, 2.75) is 26.7 Å². The summed E-state index contributed by atoms with van der Waals surface area (Å²) in [5, 5.41) is 2.83. The van der Waals surface area contributed by atoms with Gasteiger partial charge in [-0.15, -0.1) is 0 Å². The van der Waals surface area contributed by atoms with Gasteiger partial charge in [-0.3, -0.25) is 9.79 Å². The van der Waals surface area contributed by atoms with Gasteiger partial charge in [0.15, 0.2) is 0 Å². The average molecular weight is 284 g/mol. The van der Waals surface area contributed by atoms with E-state index in [0.717, 1.165) is 29.1 Å². The molecule has 1 aromatic carbocycles. The molecule has 1 heterocycles. The zero-order valence-electron chi connectivity index (χ0n) is 12.4. The van der Waals surface area contributed by atoms with Crippen LogP contribution < -0.4 is 10.1 Å². The monoisotopic (exact) mass is 284 g/mol. The van der Waals surface area contributed by atoms with Crippen molar-refractivity contribution in [1.82, 2.24) is 0 Å². The van der Waals surface area contributed by atoms with Gasteiger partial charge >= 0.3 is 0 Å². The van der Waals surface area contributed by atoms with E-state index in [-0.39, 0.29) is 5.91 Å². The molecule has 0 unspecified atom stereocenters. The fraction of sp³-hybridized carbons (Fsp3) is 0.294. The second-order valence-electron chi connectivity index (χ2n) is 4.80. The summed E-state index contributed by atoms with van der Waals surface area (Å²) in [6.45, 7) is 4.22. The van der Waals surface area contributed by atoms with E-state index in [2.05, 4.69) is 10.3 Å². The van der Waals surface area contributed by atoms with Crippen LogP contribution in [0.4, 0.5) is 5.69 Å². The SMILES string of the molecule is CCC(=O)Nc1ccc(OCC2=CC=CCC=N2)c(C)c1. The zero-order chi connectivity index (χ0) is 15.1. The van der Waals surface area contributed by atoms with E-state index >= 15 is 0 Å². The molecule has 2 rings (SSSR count). The van der Waals surface area contributed by atoms with E-state index in [0.29, 0.717) is 13.0 Å². The topological polar surface area (TPSA) is 50.7 Å². The number of hydrogen-bond donors (Lipinski definition) is 1. The molecule has 0 bridgehead atoms. The number of aliphatic imine (C=N–C) groups is 1. The lowest BCUT2D eigenvalue weighted by molar-refractivity contribution is -0.115. The number of amides is 1. The normalized spacial score (nSPS) is 13.5. The standard InChI is InChI=1S/C17H20N2O2/c1-3-17(20)19-14-8-9-16(13(2)11-14)21-12-15-7-5-4-6-10-18-15/h4-5,7-11H,3,6,12H2,1-2H3,(H,19,20). The highest BCUT2D eigenvalue weighted by Gasteiger charge is 2.05. The number of ether oxygens (including phenoxy) is 1. The van der Waals surface area contributed by atoms with Crippen LogP contribution in [-0.2, 0) is 4.79 Å². The van der Waals surface area contributed by atoms with Crippen LogP contribution in [0.25, 0.3) is 0 Å². The minimum atomic E-state index is 0.00723. The molecule has 1 N–H and O–H groups in total. The summed E-state index contributed by atoms with van der Waals surface area (Å²) in [7, 11) is 0. The Bertz CT molecular complexity index is 601. The smallest absolute Gasteiger partial charge is 0.224 e. The lowest BCUT2D eigenvalue weighted by Gasteiger charge is -2.11. The maximum Gasteiger partial charge on any atom is 0.224 e. The maximum absolute atomic E-state index is 11.4. The molecule has 4 heteroatoms. The molecule has 0 aliphatic carbocycles. The molecule has 4 nitrogen and oxygen atoms in total. The van der Waals surface area contributed by atoms with Gasteiger partial charge in [-0.2, -0.15) is 0 Å². The second kappa shape index (κ2) is 7.43. The van der Waals surface area contributed by atoms with Crippen LogP contribution in [-0.4, -0.2) is 18.7 Å². The number of anilines is 1. The van der Waals surface area contributed by atoms with Gasteiger partial charge in [0.1, 0.15) is 12.4 Å². The van der Waals surface area contributed by atoms with Crippen molar-refractivity contribution >= 4 is 17.8 Å². The molecule has 1 aliphatic rings. The van der Waals surface area contributed by atoms with Crippen molar-refractivity contribution in [2.75, 3.05) is 11.9 Å². The van der Waals surface area contributed by atoms with Gasteiger partial charge in [-0.05, 0) is 36.8 Å². The highest BCUT2D eigenvalue weighted by Crippen LogP contribution is 2.22. The molecule has 21 heavy (non-hydrogen) atoms. The van der Waals surface area contributed by atoms with E-state index in [1.165, 1.54) is 0 Å². The van der Waals surface area contributed by atoms with Crippen LogP contribution in [0, 0.1) is 6.92 Å². The molecule has 1 amide bonds. The second-order valence-corrected chi connectivity index (χ2v) is 4.80. The van der Waals surface area contributed by atoms with Crippen LogP contribution in [0.3, 0.4) is 0 Å². The van der Waals surface area contributed by atoms with Crippen molar-refractivity contribution in [1.29, 1.82) is 0 Å². The average Bonchev–Trinajstić information content (AvgIpc) is 2.75. The molecular formula is C17H20N2O2. The van der Waals surface area contributed by atoms with Crippen molar-refractivity contribution in [3.05, 3.63) is 47.7 Å². The summed E-state index contributed by atoms with van der Waals surface area (Å²) in [6.07, 6.45) is 9.18. The number of hydrogen-bond acceptors (Lipinski definition) is 3. The van der Waals surface area contributed by atoms with Crippen LogP contribution in [0.15, 0.2) is 47.1 Å². The van der Waals surface area contributed by atoms with Crippen LogP contribution in [0.2, 0.25) is 0 Å². The predicted molar refractivity (Wildman–Crippen MR) is 85.9 cm³/mol. The van der Waals surface area contributed by atoms with Gasteiger partial charge in [0.25, 0.3) is 0 Å². The van der Waals surface area contributed by atoms with Gasteiger partial charge in [0.05, 0.1) is 5.70 Å². The summed E-state index contributed by atoms with van der Waals surface area (Å²) in [4.78, 5) is 15.7. The number of carbonyl (C=O) groups excluding carboxylic acids is 1. The lowest BCUT2D eigenvalue weighted by Crippen LogP contribution is -2.09. The first-order valence-corrected chi connectivity index (χ1v) is 7.10. The molecule has 0 spiro atoms. The summed E-state index contributed by atoms with van der Waals surface area (Å²) in [6, 6.07) is 5.63. The van der Waals surface area contributed by atoms with Crippen LogP contribution in [0.1, 0.15) is 25.3 Å². The number of benzene rings is 1. The lowest BCUT2D eigenvalue weighted by atomic mass is 10.2. The maximum atomic E-state index is 11.4. The van der Waals surface area contributed by atoms with Crippen molar-refractivity contribution in [2.24, 2.45) is 4.99 Å². The number of nitrogens with zero attached hydrogens (tertiary/aromatic N) is 1. The Hall–Kier alpha value is -2.36. The first kappa shape index (κ1) is 15.0. The zero-order valence-corrected chi connectivity index (χ0v) is 12.4. The van der Waals surface area contributed by atoms with Gasteiger partial charge in [-0.25, -0.2) is 0 Å². The Labute approximate surface area is 125 Å². The number of aryl methyl sites for hydroxylation is 1. The molecule has 0 aromatic heterocycles. The highest BCUT2D eigenvalue weighted by atomic mass is 16.5. The van der Waals surface area contributed by atoms with Crippen LogP contribution in [0.5, 0.6) is 5.75 Å². The largest absolute Gasteiger partial charge is 0.487 e. The van der Waals surface area contributed by atoms with Crippen LogP contribution >= 0.6 is 0 Å². The van der Waals surface area contributed by atoms with Crippen molar-refractivity contribution < 1.29 is 9.53 Å². The molecule has 110 valence electrons. The van der Waals surface area contributed by atoms with Gasteiger partial charge < -0.3 is 10.1 Å². The predicted octanol–water partition coefficient (Wildman–Crippen LogP) is 3.64. The third-order valence-corrected chi connectivity index (χ3v) is 3.08. The molecular weight excluding hydrogens is 264 g/mol. The van der Waals surface area contributed by atoms with E-state index in [1.807, 2.05) is 56.5 Å². The van der Waals surface area contributed by atoms with Gasteiger partial charge in [0, 0.05) is 24.7 Å². The number of carbonyl (C=O) groups is 1. The summed E-state index contributed by atoms with van der Waals surface area (Å²) in [5.74, 6) is 0.807. The Balaban J connectivity index is 1.99. The van der Waals surface area contributed by atoms with Gasteiger partial charge in [-0.1, -0.05) is 19.1 Å². The van der Waals surface area contributed by atoms with Crippen molar-refractivity contribution in [3.63, 3.8) is 0 Å². The van der Waals surface area contributed by atoms with E-state index in [9.17, 15) is 4.79 Å². The number of rotatable bonds is 5. The number of nitrogens with one attached hydrogen (secondary N) is 1. The highest BCUT2D eigenvalue weighted by molar-refractivity contribution is 5.90. The van der Waals surface area contributed by atoms with Crippen molar-refractivity contribution in [3.8, 4) is 5.75 Å². The Kier molecular flexibility index (Phi) is 5.32. The third kappa shape index (κ3) is 4.60. The molecule has 0 fully saturated rings. The Morgan fingerprint density at radius 3 is 3.05 bits per heavy atom. The Morgan fingerprint density at radius 1 is 1.43 bits per heavy atom. The first-order chi connectivity index (χ1) is 10.2. The van der Waals surface area contributed by atoms with E-state index in [4.69, 9.17) is 4.74 Å². The molecule has 0 saturated carbocycles. The fourth-order valence-electron chi connectivity index (χ4n) is 1.91. The number of allylic oxidation sites excluding steroid dienone is 3.